The van der Waals surface area contributed by atoms with Gasteiger partial charge < -0.3 is 9.47 Å². The van der Waals surface area contributed by atoms with Crippen molar-refractivity contribution in [2.45, 2.75) is 45.1 Å². The zero-order chi connectivity index (χ0) is 24.9. The molecule has 4 rings (SSSR count). The van der Waals surface area contributed by atoms with Crippen molar-refractivity contribution in [3.8, 4) is 22.6 Å². The number of hydrogen-bond donors (Lipinski definition) is 0. The van der Waals surface area contributed by atoms with Crippen LogP contribution in [0.3, 0.4) is 0 Å². The molecule has 0 radical (unpaired) electrons. The Balaban J connectivity index is 1.44. The molecule has 1 aliphatic rings. The van der Waals surface area contributed by atoms with Gasteiger partial charge in [0.15, 0.2) is 23.2 Å². The summed E-state index contributed by atoms with van der Waals surface area (Å²) in [5, 5.41) is 0. The molecule has 3 aromatic rings. The number of ether oxygens (including phenoxy) is 2. The minimum Gasteiger partial charge on any atom is -0.489 e. The summed E-state index contributed by atoms with van der Waals surface area (Å²) in [7, 11) is 0. The molecule has 0 heterocycles. The first-order valence-corrected chi connectivity index (χ1v) is 11.8. The van der Waals surface area contributed by atoms with Crippen LogP contribution in [0.1, 0.15) is 49.7 Å². The molecule has 6 heteroatoms. The van der Waals surface area contributed by atoms with Gasteiger partial charge in [0, 0.05) is 11.1 Å². The third kappa shape index (κ3) is 5.53. The van der Waals surface area contributed by atoms with Crippen LogP contribution in [-0.4, -0.2) is 6.61 Å². The summed E-state index contributed by atoms with van der Waals surface area (Å²) in [6.07, 6.45) is 5.23. The van der Waals surface area contributed by atoms with Crippen LogP contribution in [0.5, 0.6) is 11.5 Å². The highest BCUT2D eigenvalue weighted by molar-refractivity contribution is 5.65. The third-order valence-electron chi connectivity index (χ3n) is 6.61. The van der Waals surface area contributed by atoms with Crippen molar-refractivity contribution >= 4 is 0 Å². The first-order chi connectivity index (χ1) is 16.9. The van der Waals surface area contributed by atoms with Crippen LogP contribution in [0.2, 0.25) is 0 Å². The Morgan fingerprint density at radius 1 is 0.800 bits per heavy atom. The molecular weight excluding hydrogens is 456 g/mol. The van der Waals surface area contributed by atoms with Crippen LogP contribution in [0, 0.1) is 29.2 Å². The van der Waals surface area contributed by atoms with Crippen LogP contribution >= 0.6 is 0 Å². The molecule has 1 aliphatic carbocycles. The van der Waals surface area contributed by atoms with Crippen molar-refractivity contribution < 1.29 is 27.0 Å². The van der Waals surface area contributed by atoms with E-state index in [-0.39, 0.29) is 36.0 Å². The van der Waals surface area contributed by atoms with Crippen LogP contribution in [0.15, 0.2) is 61.2 Å². The van der Waals surface area contributed by atoms with Gasteiger partial charge in [-0.2, -0.15) is 4.39 Å². The first kappa shape index (κ1) is 24.8. The summed E-state index contributed by atoms with van der Waals surface area (Å²) in [6.45, 7) is 5.51. The number of halogens is 4. The lowest BCUT2D eigenvalue weighted by molar-refractivity contribution is 0.292. The van der Waals surface area contributed by atoms with E-state index in [1.807, 2.05) is 0 Å². The number of benzene rings is 3. The molecule has 1 fully saturated rings. The lowest BCUT2D eigenvalue weighted by Gasteiger charge is -2.27. The molecule has 1 saturated carbocycles. The summed E-state index contributed by atoms with van der Waals surface area (Å²) in [4.78, 5) is 0. The molecule has 35 heavy (non-hydrogen) atoms. The molecular formula is C29H28F4O2. The van der Waals surface area contributed by atoms with E-state index in [0.29, 0.717) is 22.8 Å². The lowest BCUT2D eigenvalue weighted by atomic mass is 9.79. The van der Waals surface area contributed by atoms with Crippen LogP contribution < -0.4 is 9.47 Å². The van der Waals surface area contributed by atoms with Gasteiger partial charge in [-0.1, -0.05) is 56.7 Å². The molecule has 0 amide bonds. The van der Waals surface area contributed by atoms with Crippen molar-refractivity contribution in [1.29, 1.82) is 0 Å². The van der Waals surface area contributed by atoms with Gasteiger partial charge in [-0.3, -0.25) is 0 Å². The highest BCUT2D eigenvalue weighted by Gasteiger charge is 2.25. The van der Waals surface area contributed by atoms with Crippen molar-refractivity contribution in [1.82, 2.24) is 0 Å². The normalized spacial score (nSPS) is 17.7. The standard InChI is InChI=1S/C29H28F4O2/c1-3-16-34-25-15-10-21(26(30)29(25)33)17-35-22-11-8-20(9-12-22)24-14-13-23(27(31)28(24)32)19-6-4-18(2)5-7-19/h3,8-15,18-19H,1,4-7,16-17H2,2H3. The van der Waals surface area contributed by atoms with E-state index in [1.54, 1.807) is 36.4 Å². The number of hydrogen-bond acceptors (Lipinski definition) is 2. The van der Waals surface area contributed by atoms with Crippen LogP contribution in [-0.2, 0) is 6.61 Å². The maximum Gasteiger partial charge on any atom is 0.201 e. The van der Waals surface area contributed by atoms with Crippen LogP contribution in [0.25, 0.3) is 11.1 Å². The van der Waals surface area contributed by atoms with E-state index in [9.17, 15) is 17.6 Å². The number of rotatable bonds is 8. The van der Waals surface area contributed by atoms with E-state index in [2.05, 4.69) is 13.5 Å². The lowest BCUT2D eigenvalue weighted by Crippen LogP contribution is -2.13. The summed E-state index contributed by atoms with van der Waals surface area (Å²) in [5.74, 6) is -2.90. The quantitative estimate of drug-likeness (QED) is 0.236. The SMILES string of the molecule is C=CCOc1ccc(COc2ccc(-c3ccc(C4CCC(C)CC4)c(F)c3F)cc2)c(F)c1F. The average Bonchev–Trinajstić information content (AvgIpc) is 2.87. The molecule has 0 unspecified atom stereocenters. The molecule has 0 aromatic heterocycles. The minimum atomic E-state index is -1.09. The highest BCUT2D eigenvalue weighted by atomic mass is 19.2. The van der Waals surface area contributed by atoms with Gasteiger partial charge in [0.05, 0.1) is 0 Å². The van der Waals surface area contributed by atoms with E-state index >= 15 is 0 Å². The topological polar surface area (TPSA) is 18.5 Å². The second-order valence-corrected chi connectivity index (χ2v) is 9.05. The Kier molecular flexibility index (Phi) is 7.79. The fraction of sp³-hybridized carbons (Fsp3) is 0.310. The smallest absolute Gasteiger partial charge is 0.201 e. The van der Waals surface area contributed by atoms with Gasteiger partial charge in [-0.25, -0.2) is 13.2 Å². The van der Waals surface area contributed by atoms with E-state index in [4.69, 9.17) is 9.47 Å². The minimum absolute atomic E-state index is 0.0262. The highest BCUT2D eigenvalue weighted by Crippen LogP contribution is 2.39. The van der Waals surface area contributed by atoms with Crippen molar-refractivity contribution in [3.63, 3.8) is 0 Å². The van der Waals surface area contributed by atoms with Gasteiger partial charge >= 0.3 is 0 Å². The Bertz CT molecular complexity index is 1180. The Morgan fingerprint density at radius 3 is 2.20 bits per heavy atom. The predicted molar refractivity (Wildman–Crippen MR) is 129 cm³/mol. The molecule has 2 nitrogen and oxygen atoms in total. The molecule has 3 aromatic carbocycles. The van der Waals surface area contributed by atoms with Crippen LogP contribution in [0.4, 0.5) is 17.6 Å². The zero-order valence-electron chi connectivity index (χ0n) is 19.6. The van der Waals surface area contributed by atoms with Gasteiger partial charge in [-0.15, -0.1) is 0 Å². The van der Waals surface area contributed by atoms with E-state index in [1.165, 1.54) is 18.2 Å². The molecule has 0 atom stereocenters. The fourth-order valence-electron chi connectivity index (χ4n) is 4.51. The fourth-order valence-corrected chi connectivity index (χ4v) is 4.51. The Morgan fingerprint density at radius 2 is 1.51 bits per heavy atom. The first-order valence-electron chi connectivity index (χ1n) is 11.8. The summed E-state index contributed by atoms with van der Waals surface area (Å²) < 4.78 is 68.9. The summed E-state index contributed by atoms with van der Waals surface area (Å²) in [5.41, 5.74) is 1.15. The van der Waals surface area contributed by atoms with E-state index in [0.717, 1.165) is 25.7 Å². The zero-order valence-corrected chi connectivity index (χ0v) is 19.6. The molecule has 184 valence electrons. The second kappa shape index (κ2) is 11.0. The third-order valence-corrected chi connectivity index (χ3v) is 6.61. The molecule has 0 saturated heterocycles. The van der Waals surface area contributed by atoms with Gasteiger partial charge in [0.25, 0.3) is 0 Å². The maximum absolute atomic E-state index is 14.9. The Labute approximate surface area is 203 Å². The second-order valence-electron chi connectivity index (χ2n) is 9.05. The monoisotopic (exact) mass is 484 g/mol. The van der Waals surface area contributed by atoms with E-state index < -0.39 is 23.3 Å². The largest absolute Gasteiger partial charge is 0.489 e. The maximum atomic E-state index is 14.9. The molecule has 0 bridgehead atoms. The van der Waals surface area contributed by atoms with Crippen molar-refractivity contribution in [2.75, 3.05) is 6.61 Å². The molecule has 0 aliphatic heterocycles. The average molecular weight is 485 g/mol. The van der Waals surface area contributed by atoms with Crippen molar-refractivity contribution in [2.24, 2.45) is 5.92 Å². The van der Waals surface area contributed by atoms with Gasteiger partial charge in [0.1, 0.15) is 19.0 Å². The van der Waals surface area contributed by atoms with Crippen molar-refractivity contribution in [3.05, 3.63) is 95.6 Å². The Hall–Kier alpha value is -3.28. The summed E-state index contributed by atoms with van der Waals surface area (Å²) in [6, 6.07) is 12.4. The molecule has 0 N–H and O–H groups in total. The molecule has 0 spiro atoms. The van der Waals surface area contributed by atoms with Gasteiger partial charge in [0.2, 0.25) is 5.82 Å². The van der Waals surface area contributed by atoms with Gasteiger partial charge in [-0.05, 0) is 60.1 Å². The predicted octanol–water partition coefficient (Wildman–Crippen LogP) is 8.35. The summed E-state index contributed by atoms with van der Waals surface area (Å²) >= 11 is 0.